The first kappa shape index (κ1) is 14.5. The van der Waals surface area contributed by atoms with Crippen LogP contribution in [0.1, 0.15) is 6.42 Å². The van der Waals surface area contributed by atoms with Gasteiger partial charge in [-0.1, -0.05) is 18.2 Å². The zero-order valence-electron chi connectivity index (χ0n) is 10.9. The Kier molecular flexibility index (Phi) is 7.28. The summed E-state index contributed by atoms with van der Waals surface area (Å²) in [7, 11) is 6.15. The zero-order chi connectivity index (χ0) is 12.5. The summed E-state index contributed by atoms with van der Waals surface area (Å²) >= 11 is 1.90. The van der Waals surface area contributed by atoms with Crippen molar-refractivity contribution >= 4 is 11.8 Å². The van der Waals surface area contributed by atoms with E-state index in [2.05, 4.69) is 60.2 Å². The molecule has 1 aromatic carbocycles. The smallest absolute Gasteiger partial charge is 0.0319 e. The van der Waals surface area contributed by atoms with Crippen molar-refractivity contribution in [1.29, 1.82) is 0 Å². The van der Waals surface area contributed by atoms with Gasteiger partial charge in [-0.2, -0.15) is 0 Å². The van der Waals surface area contributed by atoms with E-state index >= 15 is 0 Å². The van der Waals surface area contributed by atoms with Gasteiger partial charge in [0.05, 0.1) is 0 Å². The number of thioether (sulfide) groups is 1. The van der Waals surface area contributed by atoms with Crippen molar-refractivity contribution in [2.24, 2.45) is 0 Å². The Labute approximate surface area is 109 Å². The molecule has 0 aliphatic carbocycles. The van der Waals surface area contributed by atoms with Crippen LogP contribution in [0.5, 0.6) is 0 Å². The van der Waals surface area contributed by atoms with Crippen LogP contribution in [0, 0.1) is 0 Å². The van der Waals surface area contributed by atoms with E-state index in [-0.39, 0.29) is 0 Å². The van der Waals surface area contributed by atoms with Gasteiger partial charge in [-0.05, 0) is 46.2 Å². The third kappa shape index (κ3) is 6.68. The van der Waals surface area contributed by atoms with Gasteiger partial charge in [0.15, 0.2) is 0 Å². The molecule has 0 unspecified atom stereocenters. The minimum atomic E-state index is 0.493. The summed E-state index contributed by atoms with van der Waals surface area (Å²) < 4.78 is 0. The lowest BCUT2D eigenvalue weighted by Crippen LogP contribution is -2.41. The fraction of sp³-hybridized carbons (Fsp3) is 0.538. The van der Waals surface area contributed by atoms with Crippen LogP contribution in [0.3, 0.4) is 0 Å². The molecule has 0 spiro atoms. The first-order chi connectivity index (χ1) is 8.22. The van der Waals surface area contributed by atoms with Crippen molar-refractivity contribution in [2.75, 3.05) is 33.4 Å². The van der Waals surface area contributed by atoms with Crippen LogP contribution in [0.4, 0.5) is 0 Å². The van der Waals surface area contributed by atoms with Crippen LogP contribution in [0.15, 0.2) is 35.2 Å². The minimum absolute atomic E-state index is 0.493. The summed E-state index contributed by atoms with van der Waals surface area (Å²) in [5.41, 5.74) is 6.36. The van der Waals surface area contributed by atoms with Gasteiger partial charge in [0.1, 0.15) is 0 Å². The maximum atomic E-state index is 3.31. The second kappa shape index (κ2) is 8.53. The normalized spacial score (nSPS) is 12.9. The second-order valence-corrected chi connectivity index (χ2v) is 5.40. The molecule has 0 saturated carbocycles. The number of nitrogens with zero attached hydrogens (tertiary/aromatic N) is 1. The van der Waals surface area contributed by atoms with Gasteiger partial charge in [0, 0.05) is 16.7 Å². The molecule has 2 N–H and O–H groups in total. The lowest BCUT2D eigenvalue weighted by atomic mass is 10.2. The van der Waals surface area contributed by atoms with E-state index in [0.717, 1.165) is 18.7 Å². The van der Waals surface area contributed by atoms with Crippen molar-refractivity contribution in [3.8, 4) is 0 Å². The van der Waals surface area contributed by atoms with E-state index in [1.54, 1.807) is 0 Å². The summed E-state index contributed by atoms with van der Waals surface area (Å²) in [6, 6.07) is 11.0. The first-order valence-corrected chi connectivity index (χ1v) is 6.95. The van der Waals surface area contributed by atoms with E-state index < -0.39 is 0 Å². The van der Waals surface area contributed by atoms with Crippen LogP contribution in [0.25, 0.3) is 0 Å². The Morgan fingerprint density at radius 2 is 1.94 bits per heavy atom. The Morgan fingerprint density at radius 3 is 2.53 bits per heavy atom. The van der Waals surface area contributed by atoms with Crippen LogP contribution in [-0.4, -0.2) is 44.4 Å². The molecule has 0 aromatic heterocycles. The largest absolute Gasteiger partial charge is 0.309 e. The van der Waals surface area contributed by atoms with Crippen molar-refractivity contribution in [3.63, 3.8) is 0 Å². The molecule has 0 saturated heterocycles. The average Bonchev–Trinajstić information content (AvgIpc) is 2.34. The van der Waals surface area contributed by atoms with Crippen molar-refractivity contribution in [3.05, 3.63) is 30.3 Å². The fourth-order valence-electron chi connectivity index (χ4n) is 1.53. The summed E-state index contributed by atoms with van der Waals surface area (Å²) in [6.07, 6.45) is 1.15. The second-order valence-electron chi connectivity index (χ2n) is 4.31. The van der Waals surface area contributed by atoms with Crippen LogP contribution in [-0.2, 0) is 0 Å². The number of hydrogen-bond donors (Lipinski definition) is 2. The molecule has 3 nitrogen and oxygen atoms in total. The van der Waals surface area contributed by atoms with Gasteiger partial charge in [0.25, 0.3) is 0 Å². The maximum Gasteiger partial charge on any atom is 0.0319 e. The average molecular weight is 253 g/mol. The Hall–Kier alpha value is -0.550. The zero-order valence-corrected chi connectivity index (χ0v) is 11.8. The highest BCUT2D eigenvalue weighted by molar-refractivity contribution is 7.99. The molecule has 0 aliphatic heterocycles. The van der Waals surface area contributed by atoms with Crippen molar-refractivity contribution < 1.29 is 0 Å². The lowest BCUT2D eigenvalue weighted by molar-refractivity contribution is 0.357. The van der Waals surface area contributed by atoms with Gasteiger partial charge in [-0.3, -0.25) is 10.9 Å². The molecule has 0 radical (unpaired) electrons. The molecule has 0 bridgehead atoms. The van der Waals surface area contributed by atoms with Gasteiger partial charge in [-0.15, -0.1) is 11.8 Å². The molecular formula is C13H23N3S. The molecule has 0 heterocycles. The van der Waals surface area contributed by atoms with Crippen LogP contribution in [0.2, 0.25) is 0 Å². The van der Waals surface area contributed by atoms with Crippen LogP contribution < -0.4 is 10.9 Å². The molecular weight excluding hydrogens is 230 g/mol. The van der Waals surface area contributed by atoms with E-state index in [4.69, 9.17) is 0 Å². The maximum absolute atomic E-state index is 3.31. The Balaban J connectivity index is 2.33. The fourth-order valence-corrected chi connectivity index (χ4v) is 2.52. The van der Waals surface area contributed by atoms with Crippen molar-refractivity contribution in [2.45, 2.75) is 17.4 Å². The molecule has 4 heteroatoms. The topological polar surface area (TPSA) is 27.3 Å². The number of rotatable bonds is 8. The molecule has 1 aromatic rings. The van der Waals surface area contributed by atoms with Gasteiger partial charge >= 0.3 is 0 Å². The molecule has 0 fully saturated rings. The summed E-state index contributed by atoms with van der Waals surface area (Å²) in [4.78, 5) is 3.55. The van der Waals surface area contributed by atoms with Gasteiger partial charge < -0.3 is 4.90 Å². The Bertz CT molecular complexity index is 290. The van der Waals surface area contributed by atoms with E-state index in [0.29, 0.717) is 6.04 Å². The quantitative estimate of drug-likeness (QED) is 0.546. The third-order valence-corrected chi connectivity index (χ3v) is 3.64. The summed E-state index contributed by atoms with van der Waals surface area (Å²) in [6.45, 7) is 1.11. The van der Waals surface area contributed by atoms with E-state index in [1.807, 2.05) is 18.8 Å². The predicted octanol–water partition coefficient (Wildman–Crippen LogP) is 1.82. The van der Waals surface area contributed by atoms with E-state index in [1.165, 1.54) is 4.90 Å². The SMILES string of the molecule is CNN[C@H](CCN(C)C)CSc1ccccc1. The highest BCUT2D eigenvalue weighted by Crippen LogP contribution is 2.18. The molecule has 96 valence electrons. The molecule has 0 aliphatic rings. The number of hydrogen-bond acceptors (Lipinski definition) is 4. The summed E-state index contributed by atoms with van der Waals surface area (Å²) in [5.74, 6) is 1.08. The predicted molar refractivity (Wildman–Crippen MR) is 76.3 cm³/mol. The number of hydrazine groups is 1. The number of nitrogens with one attached hydrogen (secondary N) is 2. The molecule has 1 atom stereocenters. The van der Waals surface area contributed by atoms with Crippen molar-refractivity contribution in [1.82, 2.24) is 15.8 Å². The van der Waals surface area contributed by atoms with Crippen LogP contribution >= 0.6 is 11.8 Å². The van der Waals surface area contributed by atoms with Gasteiger partial charge in [0.2, 0.25) is 0 Å². The minimum Gasteiger partial charge on any atom is -0.309 e. The number of benzene rings is 1. The first-order valence-electron chi connectivity index (χ1n) is 5.97. The van der Waals surface area contributed by atoms with E-state index in [9.17, 15) is 0 Å². The highest BCUT2D eigenvalue weighted by atomic mass is 32.2. The third-order valence-electron chi connectivity index (χ3n) is 2.47. The standard InChI is InChI=1S/C13H23N3S/c1-14-15-12(9-10-16(2)3)11-17-13-7-5-4-6-8-13/h4-8,12,14-15H,9-11H2,1-3H3/t12-/m1/s1. The highest BCUT2D eigenvalue weighted by Gasteiger charge is 2.08. The Morgan fingerprint density at radius 1 is 1.24 bits per heavy atom. The molecule has 17 heavy (non-hydrogen) atoms. The lowest BCUT2D eigenvalue weighted by Gasteiger charge is -2.19. The monoisotopic (exact) mass is 253 g/mol. The summed E-state index contributed by atoms with van der Waals surface area (Å²) in [5, 5.41) is 0. The molecule has 0 amide bonds. The van der Waals surface area contributed by atoms with Gasteiger partial charge in [-0.25, -0.2) is 0 Å². The molecule has 1 rings (SSSR count).